The minimum absolute atomic E-state index is 0.0232. The van der Waals surface area contributed by atoms with Crippen LogP contribution in [0, 0.1) is 11.8 Å². The highest BCUT2D eigenvalue weighted by molar-refractivity contribution is 5.06. The number of aliphatic hydroxyl groups excluding tert-OH is 1. The summed E-state index contributed by atoms with van der Waals surface area (Å²) >= 11 is 0. The summed E-state index contributed by atoms with van der Waals surface area (Å²) < 4.78 is 0. The highest BCUT2D eigenvalue weighted by Crippen LogP contribution is 2.42. The van der Waals surface area contributed by atoms with Crippen molar-refractivity contribution in [3.8, 4) is 0 Å². The Hall–Kier alpha value is -0.120. The van der Waals surface area contributed by atoms with Gasteiger partial charge in [0.05, 0.1) is 12.1 Å². The minimum atomic E-state index is -0.0232. The van der Waals surface area contributed by atoms with Crippen molar-refractivity contribution in [2.24, 2.45) is 11.8 Å². The smallest absolute Gasteiger partial charge is 0.0628 e. The highest BCUT2D eigenvalue weighted by atomic mass is 16.3. The molecule has 2 N–H and O–H groups in total. The molecule has 2 saturated carbocycles. The summed E-state index contributed by atoms with van der Waals surface area (Å²) in [5.41, 5.74) is -0.0232. The van der Waals surface area contributed by atoms with Crippen molar-refractivity contribution >= 4 is 0 Å². The maximum atomic E-state index is 10.0. The van der Waals surface area contributed by atoms with Crippen LogP contribution < -0.4 is 5.32 Å². The average Bonchev–Trinajstić information content (AvgIpc) is 3.28. The van der Waals surface area contributed by atoms with Crippen molar-refractivity contribution in [2.45, 2.75) is 64.5 Å². The molecule has 0 heterocycles. The maximum absolute atomic E-state index is 10.0. The van der Waals surface area contributed by atoms with Gasteiger partial charge in [0.25, 0.3) is 0 Å². The summed E-state index contributed by atoms with van der Waals surface area (Å²) in [6, 6.07) is 0.676. The van der Waals surface area contributed by atoms with Crippen molar-refractivity contribution in [3.05, 3.63) is 0 Å². The molecule has 2 aliphatic rings. The van der Waals surface area contributed by atoms with Gasteiger partial charge in [-0.05, 0) is 44.1 Å². The van der Waals surface area contributed by atoms with E-state index in [1.165, 1.54) is 32.1 Å². The molecule has 2 atom stereocenters. The van der Waals surface area contributed by atoms with Crippen molar-refractivity contribution < 1.29 is 5.11 Å². The molecule has 2 fully saturated rings. The van der Waals surface area contributed by atoms with Crippen LogP contribution in [-0.2, 0) is 0 Å². The van der Waals surface area contributed by atoms with Gasteiger partial charge >= 0.3 is 0 Å². The van der Waals surface area contributed by atoms with Gasteiger partial charge in [0, 0.05) is 19.1 Å². The van der Waals surface area contributed by atoms with E-state index in [-0.39, 0.29) is 5.54 Å². The molecule has 0 amide bonds. The Labute approximate surface area is 118 Å². The molecular weight excluding hydrogens is 236 g/mol. The largest absolute Gasteiger partial charge is 0.394 e. The van der Waals surface area contributed by atoms with Crippen LogP contribution in [-0.4, -0.2) is 47.8 Å². The Morgan fingerprint density at radius 2 is 1.95 bits per heavy atom. The van der Waals surface area contributed by atoms with Gasteiger partial charge in [0.15, 0.2) is 0 Å². The van der Waals surface area contributed by atoms with Crippen molar-refractivity contribution in [1.29, 1.82) is 0 Å². The molecule has 0 bridgehead atoms. The van der Waals surface area contributed by atoms with Crippen LogP contribution in [0.5, 0.6) is 0 Å². The summed E-state index contributed by atoms with van der Waals surface area (Å²) in [6.45, 7) is 10.4. The average molecular weight is 268 g/mol. The van der Waals surface area contributed by atoms with Gasteiger partial charge in [-0.2, -0.15) is 0 Å². The lowest BCUT2D eigenvalue weighted by Crippen LogP contribution is -2.59. The summed E-state index contributed by atoms with van der Waals surface area (Å²) in [5, 5.41) is 13.8. The topological polar surface area (TPSA) is 35.5 Å². The second kappa shape index (κ2) is 6.55. The first-order valence-corrected chi connectivity index (χ1v) is 8.24. The molecule has 0 aromatic heterocycles. The Morgan fingerprint density at radius 1 is 1.26 bits per heavy atom. The third-order valence-corrected chi connectivity index (χ3v) is 4.93. The Morgan fingerprint density at radius 3 is 2.37 bits per heavy atom. The van der Waals surface area contributed by atoms with Gasteiger partial charge in [-0.3, -0.25) is 0 Å². The normalized spacial score (nSPS) is 24.5. The van der Waals surface area contributed by atoms with Crippen LogP contribution >= 0.6 is 0 Å². The quantitative estimate of drug-likeness (QED) is 0.638. The van der Waals surface area contributed by atoms with Crippen LogP contribution in [0.15, 0.2) is 0 Å². The third-order valence-electron chi connectivity index (χ3n) is 4.93. The van der Waals surface area contributed by atoms with Crippen molar-refractivity contribution in [2.75, 3.05) is 26.2 Å². The minimum Gasteiger partial charge on any atom is -0.394 e. The van der Waals surface area contributed by atoms with E-state index < -0.39 is 0 Å². The molecule has 3 heteroatoms. The first-order valence-electron chi connectivity index (χ1n) is 8.24. The zero-order chi connectivity index (χ0) is 13.9. The van der Waals surface area contributed by atoms with E-state index in [0.29, 0.717) is 18.6 Å². The number of hydrogen-bond acceptors (Lipinski definition) is 3. The summed E-state index contributed by atoms with van der Waals surface area (Å²) in [7, 11) is 0. The molecule has 112 valence electrons. The molecule has 0 aromatic carbocycles. The van der Waals surface area contributed by atoms with Gasteiger partial charge in [-0.15, -0.1) is 0 Å². The van der Waals surface area contributed by atoms with Gasteiger partial charge in [0.2, 0.25) is 0 Å². The lowest BCUT2D eigenvalue weighted by atomic mass is 9.92. The Balaban J connectivity index is 1.96. The molecule has 0 spiro atoms. The summed E-state index contributed by atoms with van der Waals surface area (Å²) in [5.74, 6) is 1.44. The molecule has 0 radical (unpaired) electrons. The van der Waals surface area contributed by atoms with Gasteiger partial charge in [-0.25, -0.2) is 0 Å². The fourth-order valence-corrected chi connectivity index (χ4v) is 3.06. The fraction of sp³-hybridized carbons (Fsp3) is 1.00. The van der Waals surface area contributed by atoms with Gasteiger partial charge in [0.1, 0.15) is 0 Å². The summed E-state index contributed by atoms with van der Waals surface area (Å²) in [4.78, 5) is 2.54. The first-order chi connectivity index (χ1) is 9.13. The Bertz CT molecular complexity index is 276. The zero-order valence-electron chi connectivity index (χ0n) is 13.0. The van der Waals surface area contributed by atoms with E-state index in [2.05, 4.69) is 31.0 Å². The fourth-order valence-electron chi connectivity index (χ4n) is 3.06. The predicted molar refractivity (Wildman–Crippen MR) is 80.3 cm³/mol. The summed E-state index contributed by atoms with van der Waals surface area (Å²) in [6.07, 6.45) is 6.42. The van der Waals surface area contributed by atoms with Crippen LogP contribution in [0.1, 0.15) is 52.9 Å². The first kappa shape index (κ1) is 15.3. The number of rotatable bonds is 10. The number of likely N-dealkylation sites (N-methyl/N-ethyl adjacent to an activating group) is 1. The molecule has 19 heavy (non-hydrogen) atoms. The van der Waals surface area contributed by atoms with Gasteiger partial charge < -0.3 is 15.3 Å². The van der Waals surface area contributed by atoms with Crippen LogP contribution in [0.25, 0.3) is 0 Å². The van der Waals surface area contributed by atoms with Crippen molar-refractivity contribution in [1.82, 2.24) is 10.2 Å². The SMILES string of the molecule is CCC(C)CN(CC)CC(CO)(NC1CC1)C1CC1. The van der Waals surface area contributed by atoms with Crippen LogP contribution in [0.2, 0.25) is 0 Å². The highest BCUT2D eigenvalue weighted by Gasteiger charge is 2.47. The number of hydrogen-bond donors (Lipinski definition) is 2. The van der Waals surface area contributed by atoms with E-state index in [4.69, 9.17) is 0 Å². The zero-order valence-corrected chi connectivity index (χ0v) is 13.0. The standard InChI is InChI=1S/C16H32N2O/c1-4-13(3)10-18(5-2)11-16(12-19,14-6-7-14)17-15-8-9-15/h13-15,17,19H,4-12H2,1-3H3. The molecule has 0 aromatic rings. The van der Waals surface area contributed by atoms with Gasteiger partial charge in [-0.1, -0.05) is 27.2 Å². The predicted octanol–water partition coefficient (Wildman–Crippen LogP) is 2.25. The molecule has 2 unspecified atom stereocenters. The van der Waals surface area contributed by atoms with E-state index in [1.54, 1.807) is 0 Å². The molecule has 0 aliphatic heterocycles. The van der Waals surface area contributed by atoms with Crippen LogP contribution in [0.3, 0.4) is 0 Å². The monoisotopic (exact) mass is 268 g/mol. The molecular formula is C16H32N2O. The van der Waals surface area contributed by atoms with Crippen molar-refractivity contribution in [3.63, 3.8) is 0 Å². The van der Waals surface area contributed by atoms with E-state index >= 15 is 0 Å². The molecule has 2 rings (SSSR count). The number of nitrogens with zero attached hydrogens (tertiary/aromatic N) is 1. The lowest BCUT2D eigenvalue weighted by molar-refractivity contribution is 0.0844. The Kier molecular flexibility index (Phi) is 5.27. The number of aliphatic hydroxyl groups is 1. The lowest BCUT2D eigenvalue weighted by Gasteiger charge is -2.39. The second-order valence-electron chi connectivity index (χ2n) is 6.85. The second-order valence-corrected chi connectivity index (χ2v) is 6.85. The van der Waals surface area contributed by atoms with E-state index in [1.807, 2.05) is 0 Å². The molecule has 2 aliphatic carbocycles. The maximum Gasteiger partial charge on any atom is 0.0628 e. The van der Waals surface area contributed by atoms with E-state index in [9.17, 15) is 5.11 Å². The molecule has 3 nitrogen and oxygen atoms in total. The van der Waals surface area contributed by atoms with Crippen LogP contribution in [0.4, 0.5) is 0 Å². The molecule has 0 saturated heterocycles. The number of nitrogens with one attached hydrogen (secondary N) is 1. The third kappa shape index (κ3) is 4.17. The van der Waals surface area contributed by atoms with E-state index in [0.717, 1.165) is 25.6 Å².